The third kappa shape index (κ3) is 4.17. The van der Waals surface area contributed by atoms with Crippen molar-refractivity contribution in [3.63, 3.8) is 0 Å². The van der Waals surface area contributed by atoms with Crippen molar-refractivity contribution in [1.82, 2.24) is 0 Å². The Morgan fingerprint density at radius 3 is 2.00 bits per heavy atom. The van der Waals surface area contributed by atoms with Gasteiger partial charge in [-0.25, -0.2) is 0 Å². The SMILES string of the molecule is COc1c(Br)cc(Cl)cc1C(O)C(C(F)(F)F)C(F)(F)F. The molecule has 10 heteroatoms. The molecule has 2 nitrogen and oxygen atoms in total. The number of hydrogen-bond donors (Lipinski definition) is 1. The van der Waals surface area contributed by atoms with Crippen molar-refractivity contribution in [2.24, 2.45) is 5.92 Å². The molecule has 0 amide bonds. The number of ether oxygens (including phenoxy) is 1. The number of aliphatic hydroxyl groups is 1. The minimum Gasteiger partial charge on any atom is -0.495 e. The topological polar surface area (TPSA) is 29.5 Å². The van der Waals surface area contributed by atoms with Crippen LogP contribution in [0.5, 0.6) is 5.75 Å². The minimum atomic E-state index is -5.68. The van der Waals surface area contributed by atoms with Gasteiger partial charge in [0.1, 0.15) is 11.9 Å². The fourth-order valence-corrected chi connectivity index (χ4v) is 2.73. The van der Waals surface area contributed by atoms with Gasteiger partial charge in [0.05, 0.1) is 11.6 Å². The van der Waals surface area contributed by atoms with E-state index in [-0.39, 0.29) is 15.2 Å². The van der Waals surface area contributed by atoms with E-state index in [9.17, 15) is 31.4 Å². The molecule has 0 aromatic heterocycles. The molecule has 1 atom stereocenters. The van der Waals surface area contributed by atoms with Crippen molar-refractivity contribution in [2.75, 3.05) is 7.11 Å². The van der Waals surface area contributed by atoms with E-state index < -0.39 is 29.9 Å². The van der Waals surface area contributed by atoms with Gasteiger partial charge in [-0.3, -0.25) is 0 Å². The maximum atomic E-state index is 12.6. The molecular formula is C11H8BrClF6O2. The van der Waals surface area contributed by atoms with Crippen LogP contribution in [0.1, 0.15) is 11.7 Å². The van der Waals surface area contributed by atoms with Gasteiger partial charge in [0.25, 0.3) is 0 Å². The molecule has 1 aromatic carbocycles. The Hall–Kier alpha value is -0.670. The third-order valence-electron chi connectivity index (χ3n) is 2.58. The number of benzene rings is 1. The van der Waals surface area contributed by atoms with Crippen LogP contribution < -0.4 is 4.74 Å². The van der Waals surface area contributed by atoms with E-state index in [1.54, 1.807) is 0 Å². The fourth-order valence-electron chi connectivity index (χ4n) is 1.74. The summed E-state index contributed by atoms with van der Waals surface area (Å²) in [6, 6.07) is 2.01. The highest BCUT2D eigenvalue weighted by atomic mass is 79.9. The Morgan fingerprint density at radius 2 is 1.62 bits per heavy atom. The monoisotopic (exact) mass is 400 g/mol. The van der Waals surface area contributed by atoms with Crippen molar-refractivity contribution >= 4 is 27.5 Å². The Kier molecular flexibility index (Phi) is 5.44. The smallest absolute Gasteiger partial charge is 0.403 e. The van der Waals surface area contributed by atoms with Crippen LogP contribution in [0, 0.1) is 5.92 Å². The molecule has 0 aliphatic rings. The summed E-state index contributed by atoms with van der Waals surface area (Å²) in [7, 11) is 1.04. The predicted molar refractivity (Wildman–Crippen MR) is 66.3 cm³/mol. The average Bonchev–Trinajstić information content (AvgIpc) is 2.23. The molecule has 0 aliphatic heterocycles. The number of hydrogen-bond acceptors (Lipinski definition) is 2. The van der Waals surface area contributed by atoms with Crippen LogP contribution in [0.15, 0.2) is 16.6 Å². The highest BCUT2D eigenvalue weighted by Gasteiger charge is 2.60. The predicted octanol–water partition coefficient (Wildman–Crippen LogP) is 4.89. The van der Waals surface area contributed by atoms with E-state index >= 15 is 0 Å². The summed E-state index contributed by atoms with van der Waals surface area (Å²) in [4.78, 5) is 0. The summed E-state index contributed by atoms with van der Waals surface area (Å²) >= 11 is 8.49. The van der Waals surface area contributed by atoms with Gasteiger partial charge in [0, 0.05) is 10.6 Å². The Labute approximate surface area is 128 Å². The molecule has 1 aromatic rings. The van der Waals surface area contributed by atoms with Gasteiger partial charge < -0.3 is 9.84 Å². The van der Waals surface area contributed by atoms with Crippen LogP contribution in [0.2, 0.25) is 5.02 Å². The Bertz CT molecular complexity index is 503. The minimum absolute atomic E-state index is 0.0228. The van der Waals surface area contributed by atoms with Gasteiger partial charge in [-0.2, -0.15) is 26.3 Å². The molecule has 0 radical (unpaired) electrons. The number of aliphatic hydroxyl groups excluding tert-OH is 1. The highest BCUT2D eigenvalue weighted by Crippen LogP contribution is 2.49. The molecule has 0 spiro atoms. The quantitative estimate of drug-likeness (QED) is 0.731. The van der Waals surface area contributed by atoms with E-state index in [1.165, 1.54) is 6.07 Å². The second-order valence-corrected chi connectivity index (χ2v) is 5.31. The second-order valence-electron chi connectivity index (χ2n) is 4.02. The van der Waals surface area contributed by atoms with Gasteiger partial charge in [-0.05, 0) is 28.1 Å². The summed E-state index contributed by atoms with van der Waals surface area (Å²) in [6.07, 6.45) is -14.3. The Balaban J connectivity index is 3.44. The van der Waals surface area contributed by atoms with Crippen molar-refractivity contribution < 1.29 is 36.2 Å². The molecule has 0 fully saturated rings. The molecule has 1 unspecified atom stereocenters. The largest absolute Gasteiger partial charge is 0.495 e. The number of alkyl halides is 6. The van der Waals surface area contributed by atoms with Gasteiger partial charge in [-0.15, -0.1) is 0 Å². The molecule has 21 heavy (non-hydrogen) atoms. The summed E-state index contributed by atoms with van der Waals surface area (Å²) in [5, 5.41) is 9.46. The average molecular weight is 402 g/mol. The summed E-state index contributed by atoms with van der Waals surface area (Å²) in [6.45, 7) is 0. The summed E-state index contributed by atoms with van der Waals surface area (Å²) in [5.74, 6) is -4.31. The number of methoxy groups -OCH3 is 1. The van der Waals surface area contributed by atoms with Gasteiger partial charge in [0.2, 0.25) is 0 Å². The lowest BCUT2D eigenvalue weighted by Crippen LogP contribution is -2.41. The normalized spacial score (nSPS) is 14.4. The van der Waals surface area contributed by atoms with E-state index in [4.69, 9.17) is 16.3 Å². The molecule has 1 N–H and O–H groups in total. The first-order chi connectivity index (χ1) is 9.39. The van der Waals surface area contributed by atoms with Gasteiger partial charge in [0.15, 0.2) is 5.92 Å². The van der Waals surface area contributed by atoms with Crippen LogP contribution in [0.4, 0.5) is 26.3 Å². The van der Waals surface area contributed by atoms with E-state index in [0.29, 0.717) is 0 Å². The zero-order chi connectivity index (χ0) is 16.6. The van der Waals surface area contributed by atoms with Crippen molar-refractivity contribution in [3.8, 4) is 5.75 Å². The summed E-state index contributed by atoms with van der Waals surface area (Å²) < 4.78 is 80.5. The number of halogens is 8. The lowest BCUT2D eigenvalue weighted by molar-refractivity contribution is -0.307. The molecule has 0 bridgehead atoms. The van der Waals surface area contributed by atoms with Crippen molar-refractivity contribution in [3.05, 3.63) is 27.2 Å². The van der Waals surface area contributed by atoms with E-state index in [0.717, 1.165) is 13.2 Å². The van der Waals surface area contributed by atoms with E-state index in [2.05, 4.69) is 15.9 Å². The molecule has 0 saturated heterocycles. The lowest BCUT2D eigenvalue weighted by atomic mass is 9.94. The first kappa shape index (κ1) is 18.4. The maximum absolute atomic E-state index is 12.6. The lowest BCUT2D eigenvalue weighted by Gasteiger charge is -2.28. The third-order valence-corrected chi connectivity index (χ3v) is 3.39. The fraction of sp³-hybridized carbons (Fsp3) is 0.455. The molecule has 120 valence electrons. The highest BCUT2D eigenvalue weighted by molar-refractivity contribution is 9.10. The molecule has 0 heterocycles. The maximum Gasteiger partial charge on any atom is 0.403 e. The molecule has 0 saturated carbocycles. The first-order valence-corrected chi connectivity index (χ1v) is 6.41. The van der Waals surface area contributed by atoms with Crippen molar-refractivity contribution in [1.29, 1.82) is 0 Å². The van der Waals surface area contributed by atoms with Crippen molar-refractivity contribution in [2.45, 2.75) is 18.5 Å². The molecule has 1 rings (SSSR count). The number of rotatable bonds is 3. The summed E-state index contributed by atoms with van der Waals surface area (Å²) in [5.41, 5.74) is -0.712. The second kappa shape index (κ2) is 6.21. The van der Waals surface area contributed by atoms with Gasteiger partial charge >= 0.3 is 12.4 Å². The molecule has 0 aliphatic carbocycles. The van der Waals surface area contributed by atoms with Crippen LogP contribution in [0.25, 0.3) is 0 Å². The van der Waals surface area contributed by atoms with E-state index in [1.807, 2.05) is 0 Å². The van der Waals surface area contributed by atoms with Crippen LogP contribution >= 0.6 is 27.5 Å². The molecular weight excluding hydrogens is 393 g/mol. The zero-order valence-corrected chi connectivity index (χ0v) is 12.5. The van der Waals surface area contributed by atoms with Crippen LogP contribution in [0.3, 0.4) is 0 Å². The zero-order valence-electron chi connectivity index (χ0n) is 10.2. The first-order valence-electron chi connectivity index (χ1n) is 5.24. The Morgan fingerprint density at radius 1 is 1.14 bits per heavy atom. The standard InChI is InChI=1S/C11H8BrClF6O2/c1-21-8-5(2-4(13)3-6(8)12)7(20)9(10(14,15)16)11(17,18)19/h2-3,7,9,20H,1H3. The van der Waals surface area contributed by atoms with Crippen LogP contribution in [-0.4, -0.2) is 24.6 Å². The van der Waals surface area contributed by atoms with Crippen LogP contribution in [-0.2, 0) is 0 Å². The van der Waals surface area contributed by atoms with Gasteiger partial charge in [-0.1, -0.05) is 11.6 Å².